The first-order valence-corrected chi connectivity index (χ1v) is 12.0. The van der Waals surface area contributed by atoms with E-state index in [4.69, 9.17) is 16.3 Å². The molecule has 0 unspecified atom stereocenters. The summed E-state index contributed by atoms with van der Waals surface area (Å²) >= 11 is 6.00. The van der Waals surface area contributed by atoms with E-state index in [1.54, 1.807) is 12.1 Å². The highest BCUT2D eigenvalue weighted by atomic mass is 35.5. The van der Waals surface area contributed by atoms with Crippen LogP contribution >= 0.6 is 11.6 Å². The average Bonchev–Trinajstić information content (AvgIpc) is 2.74. The summed E-state index contributed by atoms with van der Waals surface area (Å²) < 4.78 is 63.4. The predicted octanol–water partition coefficient (Wildman–Crippen LogP) is 4.42. The van der Waals surface area contributed by atoms with Crippen molar-refractivity contribution in [2.45, 2.75) is 37.0 Å². The Morgan fingerprint density at radius 3 is 2.52 bits per heavy atom. The van der Waals surface area contributed by atoms with Gasteiger partial charge in [-0.15, -0.1) is 0 Å². The minimum Gasteiger partial charge on any atom is -0.493 e. The SMILES string of the molecule is COc1c(F)c(S(=O)(=O)NCC(C)C)cc(F)c1[C@@H]1CNCC[C@H]1c1ccc(Cl)cc1. The summed E-state index contributed by atoms with van der Waals surface area (Å²) in [6.07, 6.45) is 0.701. The average molecular weight is 473 g/mol. The Kier molecular flexibility index (Phi) is 7.57. The Morgan fingerprint density at radius 2 is 1.90 bits per heavy atom. The standard InChI is InChI=1S/C22H27ClF2N2O3S/c1-13(2)11-27-31(28,29)19-10-18(24)20(22(30-3)21(19)25)17-12-26-9-8-16(17)14-4-6-15(23)7-5-14/h4-7,10,13,16-17,26-27H,8-9,11-12H2,1-3H3/t16-,17+/m0/s1. The normalized spacial score (nSPS) is 19.6. The molecule has 5 nitrogen and oxygen atoms in total. The van der Waals surface area contributed by atoms with E-state index in [2.05, 4.69) is 10.0 Å². The highest BCUT2D eigenvalue weighted by molar-refractivity contribution is 7.89. The molecule has 2 aromatic carbocycles. The van der Waals surface area contributed by atoms with E-state index >= 15 is 8.78 Å². The Balaban J connectivity index is 2.08. The van der Waals surface area contributed by atoms with Crippen molar-refractivity contribution in [1.29, 1.82) is 0 Å². The van der Waals surface area contributed by atoms with Crippen LogP contribution in [-0.2, 0) is 10.0 Å². The van der Waals surface area contributed by atoms with Gasteiger partial charge in [0.1, 0.15) is 10.7 Å². The van der Waals surface area contributed by atoms with Gasteiger partial charge in [-0.05, 0) is 48.6 Å². The molecule has 2 aromatic rings. The maximum absolute atomic E-state index is 15.4. The lowest BCUT2D eigenvalue weighted by molar-refractivity contribution is 0.340. The molecule has 0 spiro atoms. The van der Waals surface area contributed by atoms with Gasteiger partial charge in [-0.2, -0.15) is 0 Å². The van der Waals surface area contributed by atoms with Crippen LogP contribution in [0.25, 0.3) is 0 Å². The number of methoxy groups -OCH3 is 1. The van der Waals surface area contributed by atoms with Crippen LogP contribution < -0.4 is 14.8 Å². The van der Waals surface area contributed by atoms with Crippen molar-refractivity contribution in [3.8, 4) is 5.75 Å². The highest BCUT2D eigenvalue weighted by Gasteiger charge is 2.36. The van der Waals surface area contributed by atoms with Crippen LogP contribution in [0.5, 0.6) is 5.75 Å². The summed E-state index contributed by atoms with van der Waals surface area (Å²) in [6.45, 7) is 4.87. The molecule has 1 aliphatic heterocycles. The third kappa shape index (κ3) is 5.19. The van der Waals surface area contributed by atoms with Crippen LogP contribution in [0.15, 0.2) is 35.2 Å². The van der Waals surface area contributed by atoms with E-state index in [1.807, 2.05) is 26.0 Å². The molecule has 2 N–H and O–H groups in total. The fraction of sp³-hybridized carbons (Fsp3) is 0.455. The predicted molar refractivity (Wildman–Crippen MR) is 117 cm³/mol. The highest BCUT2D eigenvalue weighted by Crippen LogP contribution is 2.44. The molecule has 0 radical (unpaired) electrons. The first kappa shape index (κ1) is 23.9. The number of benzene rings is 2. The molecule has 1 saturated heterocycles. The zero-order valence-electron chi connectivity index (χ0n) is 17.7. The molecule has 1 heterocycles. The second-order valence-electron chi connectivity index (χ2n) is 8.12. The maximum atomic E-state index is 15.4. The molecule has 2 atom stereocenters. The van der Waals surface area contributed by atoms with Gasteiger partial charge in [0.25, 0.3) is 0 Å². The van der Waals surface area contributed by atoms with Crippen molar-refractivity contribution in [2.75, 3.05) is 26.7 Å². The Labute approximate surface area is 187 Å². The number of hydrogen-bond acceptors (Lipinski definition) is 4. The van der Waals surface area contributed by atoms with Crippen molar-refractivity contribution in [2.24, 2.45) is 5.92 Å². The topological polar surface area (TPSA) is 67.4 Å². The van der Waals surface area contributed by atoms with Crippen molar-refractivity contribution in [3.05, 3.63) is 58.1 Å². The van der Waals surface area contributed by atoms with Gasteiger partial charge in [-0.3, -0.25) is 0 Å². The summed E-state index contributed by atoms with van der Waals surface area (Å²) in [4.78, 5) is -0.752. The molecule has 0 amide bonds. The minimum absolute atomic E-state index is 0.0114. The van der Waals surface area contributed by atoms with Crippen LogP contribution in [-0.4, -0.2) is 35.2 Å². The number of nitrogens with one attached hydrogen (secondary N) is 2. The van der Waals surface area contributed by atoms with Crippen LogP contribution in [0, 0.1) is 17.6 Å². The first-order chi connectivity index (χ1) is 14.7. The van der Waals surface area contributed by atoms with E-state index in [0.717, 1.165) is 18.2 Å². The summed E-state index contributed by atoms with van der Waals surface area (Å²) in [6, 6.07) is 8.03. The van der Waals surface area contributed by atoms with Crippen LogP contribution in [0.1, 0.15) is 43.2 Å². The lowest BCUT2D eigenvalue weighted by atomic mass is 9.77. The summed E-state index contributed by atoms with van der Waals surface area (Å²) in [7, 11) is -3.02. The summed E-state index contributed by atoms with van der Waals surface area (Å²) in [5, 5.41) is 3.81. The Morgan fingerprint density at radius 1 is 1.23 bits per heavy atom. The second-order valence-corrected chi connectivity index (χ2v) is 10.3. The van der Waals surface area contributed by atoms with E-state index < -0.39 is 32.5 Å². The Bertz CT molecular complexity index is 1030. The van der Waals surface area contributed by atoms with E-state index in [1.165, 1.54) is 7.11 Å². The molecule has 170 valence electrons. The molecule has 0 bridgehead atoms. The van der Waals surface area contributed by atoms with E-state index in [9.17, 15) is 8.42 Å². The first-order valence-electron chi connectivity index (χ1n) is 10.2. The number of hydrogen-bond donors (Lipinski definition) is 2. The quantitative estimate of drug-likeness (QED) is 0.626. The number of halogens is 3. The lowest BCUT2D eigenvalue weighted by Gasteiger charge is -2.34. The van der Waals surface area contributed by atoms with Crippen LogP contribution in [0.3, 0.4) is 0 Å². The molecule has 0 aliphatic carbocycles. The van der Waals surface area contributed by atoms with Crippen molar-refractivity contribution in [1.82, 2.24) is 10.0 Å². The zero-order chi connectivity index (χ0) is 22.8. The minimum atomic E-state index is -4.23. The van der Waals surface area contributed by atoms with Crippen molar-refractivity contribution < 1.29 is 21.9 Å². The number of piperidine rings is 1. The number of rotatable bonds is 7. The zero-order valence-corrected chi connectivity index (χ0v) is 19.3. The third-order valence-electron chi connectivity index (χ3n) is 5.50. The van der Waals surface area contributed by atoms with Crippen LogP contribution in [0.2, 0.25) is 5.02 Å². The fourth-order valence-corrected chi connectivity index (χ4v) is 5.38. The Hall–Kier alpha value is -1.74. The largest absolute Gasteiger partial charge is 0.493 e. The maximum Gasteiger partial charge on any atom is 0.243 e. The summed E-state index contributed by atoms with van der Waals surface area (Å²) in [5.41, 5.74) is 0.989. The molecule has 1 fully saturated rings. The molecule has 1 aliphatic rings. The monoisotopic (exact) mass is 472 g/mol. The molecule has 0 aromatic heterocycles. The van der Waals surface area contributed by atoms with Crippen LogP contribution in [0.4, 0.5) is 8.78 Å². The van der Waals surface area contributed by atoms with E-state index in [-0.39, 0.29) is 29.7 Å². The van der Waals surface area contributed by atoms with Gasteiger partial charge in [0, 0.05) is 29.6 Å². The molecule has 31 heavy (non-hydrogen) atoms. The fourth-order valence-electron chi connectivity index (χ4n) is 3.96. The molecular formula is C22H27ClF2N2O3S. The van der Waals surface area contributed by atoms with Gasteiger partial charge in [-0.25, -0.2) is 21.9 Å². The van der Waals surface area contributed by atoms with Gasteiger partial charge in [0.15, 0.2) is 11.6 Å². The van der Waals surface area contributed by atoms with Gasteiger partial charge in [0.2, 0.25) is 10.0 Å². The molecular weight excluding hydrogens is 446 g/mol. The second kappa shape index (κ2) is 9.81. The third-order valence-corrected chi connectivity index (χ3v) is 7.18. The van der Waals surface area contributed by atoms with E-state index in [0.29, 0.717) is 18.0 Å². The van der Waals surface area contributed by atoms with Gasteiger partial charge < -0.3 is 10.1 Å². The lowest BCUT2D eigenvalue weighted by Crippen LogP contribution is -2.35. The van der Waals surface area contributed by atoms with Gasteiger partial charge in [-0.1, -0.05) is 37.6 Å². The molecule has 3 rings (SSSR count). The number of sulfonamides is 1. The summed E-state index contributed by atoms with van der Waals surface area (Å²) in [5.74, 6) is -2.82. The molecule has 0 saturated carbocycles. The smallest absolute Gasteiger partial charge is 0.243 e. The number of ether oxygens (including phenoxy) is 1. The van der Waals surface area contributed by atoms with Gasteiger partial charge in [0.05, 0.1) is 7.11 Å². The van der Waals surface area contributed by atoms with Crippen molar-refractivity contribution in [3.63, 3.8) is 0 Å². The molecule has 9 heteroatoms. The van der Waals surface area contributed by atoms with Gasteiger partial charge >= 0.3 is 0 Å². The van der Waals surface area contributed by atoms with Crippen molar-refractivity contribution >= 4 is 21.6 Å².